The van der Waals surface area contributed by atoms with Gasteiger partial charge in [0.15, 0.2) is 0 Å². The Kier molecular flexibility index (Phi) is 4.65. The lowest BCUT2D eigenvalue weighted by Crippen LogP contribution is -2.55. The Balaban J connectivity index is 2.23. The quantitative estimate of drug-likeness (QED) is 0.789. The van der Waals surface area contributed by atoms with E-state index < -0.39 is 0 Å². The van der Waals surface area contributed by atoms with Crippen LogP contribution in [-0.4, -0.2) is 53.0 Å². The lowest BCUT2D eigenvalue weighted by Gasteiger charge is -2.42. The van der Waals surface area contributed by atoms with Crippen LogP contribution in [0.4, 0.5) is 0 Å². The van der Waals surface area contributed by atoms with Crippen LogP contribution in [0.15, 0.2) is 18.3 Å². The van der Waals surface area contributed by atoms with Crippen LogP contribution >= 0.6 is 15.9 Å². The van der Waals surface area contributed by atoms with Crippen molar-refractivity contribution < 1.29 is 14.3 Å². The standard InChI is InChI=1S/C14H19BrN2O3/c1-14(2)9-17(8-10(7-15)20-14)13(18)11-5-4-6-16-12(11)19-3/h4-6,10H,7-9H2,1-3H3. The highest BCUT2D eigenvalue weighted by molar-refractivity contribution is 9.09. The van der Waals surface area contributed by atoms with E-state index in [1.165, 1.54) is 7.11 Å². The van der Waals surface area contributed by atoms with E-state index in [2.05, 4.69) is 20.9 Å². The van der Waals surface area contributed by atoms with Crippen molar-refractivity contribution in [2.45, 2.75) is 25.6 Å². The second-order valence-electron chi connectivity index (χ2n) is 5.40. The van der Waals surface area contributed by atoms with Gasteiger partial charge in [-0.15, -0.1) is 0 Å². The molecule has 1 aliphatic rings. The van der Waals surface area contributed by atoms with Crippen molar-refractivity contribution in [2.24, 2.45) is 0 Å². The minimum absolute atomic E-state index is 0.00892. The summed E-state index contributed by atoms with van der Waals surface area (Å²) in [4.78, 5) is 18.5. The smallest absolute Gasteiger partial charge is 0.259 e. The van der Waals surface area contributed by atoms with Crippen LogP contribution in [0.1, 0.15) is 24.2 Å². The number of aromatic nitrogens is 1. The summed E-state index contributed by atoms with van der Waals surface area (Å²) >= 11 is 3.42. The van der Waals surface area contributed by atoms with Gasteiger partial charge in [-0.05, 0) is 26.0 Å². The Hall–Kier alpha value is -1.14. The fourth-order valence-electron chi connectivity index (χ4n) is 2.42. The molecule has 2 heterocycles. The molecule has 0 spiro atoms. The molecule has 0 saturated carbocycles. The van der Waals surface area contributed by atoms with Gasteiger partial charge in [0.05, 0.1) is 18.8 Å². The zero-order valence-corrected chi connectivity index (χ0v) is 13.5. The van der Waals surface area contributed by atoms with Gasteiger partial charge in [0.2, 0.25) is 5.88 Å². The molecule has 1 atom stereocenters. The first-order valence-electron chi connectivity index (χ1n) is 6.49. The molecular formula is C14H19BrN2O3. The van der Waals surface area contributed by atoms with E-state index in [0.717, 1.165) is 0 Å². The summed E-state index contributed by atoms with van der Waals surface area (Å²) < 4.78 is 11.1. The first kappa shape index (κ1) is 15.3. The van der Waals surface area contributed by atoms with Crippen molar-refractivity contribution >= 4 is 21.8 Å². The number of amides is 1. The van der Waals surface area contributed by atoms with E-state index in [0.29, 0.717) is 29.9 Å². The second kappa shape index (κ2) is 6.10. The van der Waals surface area contributed by atoms with Gasteiger partial charge < -0.3 is 14.4 Å². The molecular weight excluding hydrogens is 324 g/mol. The second-order valence-corrected chi connectivity index (χ2v) is 6.05. The Morgan fingerprint density at radius 3 is 3.05 bits per heavy atom. The number of morpholine rings is 1. The highest BCUT2D eigenvalue weighted by atomic mass is 79.9. The lowest BCUT2D eigenvalue weighted by atomic mass is 10.0. The maximum Gasteiger partial charge on any atom is 0.259 e. The summed E-state index contributed by atoms with van der Waals surface area (Å²) in [6.45, 7) is 5.09. The SMILES string of the molecule is COc1ncccc1C(=O)N1CC(CBr)OC(C)(C)C1. The maximum absolute atomic E-state index is 12.7. The van der Waals surface area contributed by atoms with E-state index >= 15 is 0 Å². The maximum atomic E-state index is 12.7. The highest BCUT2D eigenvalue weighted by Gasteiger charge is 2.36. The largest absolute Gasteiger partial charge is 0.480 e. The fourth-order valence-corrected chi connectivity index (χ4v) is 2.75. The molecule has 1 aromatic rings. The summed E-state index contributed by atoms with van der Waals surface area (Å²) in [7, 11) is 1.52. The number of ether oxygens (including phenoxy) is 2. The number of methoxy groups -OCH3 is 1. The predicted molar refractivity (Wildman–Crippen MR) is 79.4 cm³/mol. The molecule has 1 aromatic heterocycles. The van der Waals surface area contributed by atoms with E-state index in [-0.39, 0.29) is 17.6 Å². The average molecular weight is 343 g/mol. The number of carbonyl (C=O) groups excluding carboxylic acids is 1. The molecule has 0 radical (unpaired) electrons. The molecule has 1 saturated heterocycles. The Morgan fingerprint density at radius 2 is 2.40 bits per heavy atom. The number of nitrogens with zero attached hydrogens (tertiary/aromatic N) is 2. The first-order chi connectivity index (χ1) is 9.46. The highest BCUT2D eigenvalue weighted by Crippen LogP contribution is 2.25. The van der Waals surface area contributed by atoms with Crippen molar-refractivity contribution in [3.8, 4) is 5.88 Å². The number of hydrogen-bond acceptors (Lipinski definition) is 4. The minimum Gasteiger partial charge on any atom is -0.480 e. The Bertz CT molecular complexity index is 493. The van der Waals surface area contributed by atoms with Crippen LogP contribution in [0.25, 0.3) is 0 Å². The number of alkyl halides is 1. The monoisotopic (exact) mass is 342 g/mol. The van der Waals surface area contributed by atoms with Crippen molar-refractivity contribution in [2.75, 3.05) is 25.5 Å². The minimum atomic E-state index is -0.359. The van der Waals surface area contributed by atoms with Gasteiger partial charge in [0, 0.05) is 24.6 Å². The molecule has 6 heteroatoms. The number of hydrogen-bond donors (Lipinski definition) is 0. The van der Waals surface area contributed by atoms with Gasteiger partial charge in [0.1, 0.15) is 5.56 Å². The van der Waals surface area contributed by atoms with Crippen LogP contribution < -0.4 is 4.74 Å². The molecule has 1 aliphatic heterocycles. The van der Waals surface area contributed by atoms with E-state index in [4.69, 9.17) is 9.47 Å². The van der Waals surface area contributed by atoms with Crippen LogP contribution in [0.5, 0.6) is 5.88 Å². The molecule has 0 aliphatic carbocycles. The third-order valence-electron chi connectivity index (χ3n) is 3.14. The van der Waals surface area contributed by atoms with Gasteiger partial charge >= 0.3 is 0 Å². The van der Waals surface area contributed by atoms with Crippen molar-refractivity contribution in [3.63, 3.8) is 0 Å². The van der Waals surface area contributed by atoms with E-state index in [1.807, 2.05) is 13.8 Å². The van der Waals surface area contributed by atoms with Crippen LogP contribution in [-0.2, 0) is 4.74 Å². The van der Waals surface area contributed by atoms with Gasteiger partial charge in [0.25, 0.3) is 5.91 Å². The van der Waals surface area contributed by atoms with Gasteiger partial charge in [-0.25, -0.2) is 4.98 Å². The number of halogens is 1. The summed E-state index contributed by atoms with van der Waals surface area (Å²) in [5.74, 6) is 0.287. The predicted octanol–water partition coefficient (Wildman–Crippen LogP) is 2.10. The first-order valence-corrected chi connectivity index (χ1v) is 7.61. The topological polar surface area (TPSA) is 51.7 Å². The van der Waals surface area contributed by atoms with Crippen molar-refractivity contribution in [1.29, 1.82) is 0 Å². The normalized spacial score (nSPS) is 21.6. The molecule has 20 heavy (non-hydrogen) atoms. The third-order valence-corrected chi connectivity index (χ3v) is 3.86. The number of pyridine rings is 1. The molecule has 0 aromatic carbocycles. The number of rotatable bonds is 3. The molecule has 0 bridgehead atoms. The summed E-state index contributed by atoms with van der Waals surface area (Å²) in [5.41, 5.74) is 0.128. The average Bonchev–Trinajstić information content (AvgIpc) is 2.44. The summed E-state index contributed by atoms with van der Waals surface area (Å²) in [6, 6.07) is 3.48. The summed E-state index contributed by atoms with van der Waals surface area (Å²) in [6.07, 6.45) is 1.60. The molecule has 1 fully saturated rings. The van der Waals surface area contributed by atoms with Crippen LogP contribution in [0.3, 0.4) is 0 Å². The van der Waals surface area contributed by atoms with Gasteiger partial charge in [-0.2, -0.15) is 0 Å². The molecule has 110 valence electrons. The summed E-state index contributed by atoms with van der Waals surface area (Å²) in [5, 5.41) is 0.699. The Labute approximate surface area is 127 Å². The number of carbonyl (C=O) groups is 1. The zero-order valence-electron chi connectivity index (χ0n) is 11.9. The molecule has 5 nitrogen and oxygen atoms in total. The van der Waals surface area contributed by atoms with Crippen molar-refractivity contribution in [3.05, 3.63) is 23.9 Å². The zero-order chi connectivity index (χ0) is 14.8. The molecule has 1 unspecified atom stereocenters. The van der Waals surface area contributed by atoms with Crippen LogP contribution in [0, 0.1) is 0 Å². The lowest BCUT2D eigenvalue weighted by molar-refractivity contribution is -0.116. The van der Waals surface area contributed by atoms with Gasteiger partial charge in [-0.1, -0.05) is 15.9 Å². The van der Waals surface area contributed by atoms with Crippen molar-refractivity contribution in [1.82, 2.24) is 9.88 Å². The van der Waals surface area contributed by atoms with E-state index in [9.17, 15) is 4.79 Å². The Morgan fingerprint density at radius 1 is 1.65 bits per heavy atom. The van der Waals surface area contributed by atoms with Gasteiger partial charge in [-0.3, -0.25) is 4.79 Å². The van der Waals surface area contributed by atoms with E-state index in [1.54, 1.807) is 23.2 Å². The molecule has 1 amide bonds. The molecule has 2 rings (SSSR count). The molecule has 0 N–H and O–H groups in total. The fraction of sp³-hybridized carbons (Fsp3) is 0.571. The third kappa shape index (κ3) is 3.30. The van der Waals surface area contributed by atoms with Crippen LogP contribution in [0.2, 0.25) is 0 Å².